The normalized spacial score (nSPS) is 22.1. The van der Waals surface area contributed by atoms with Gasteiger partial charge in [0.25, 0.3) is 0 Å². The summed E-state index contributed by atoms with van der Waals surface area (Å²) in [6, 6.07) is 7.99. The van der Waals surface area contributed by atoms with Gasteiger partial charge >= 0.3 is 0 Å². The van der Waals surface area contributed by atoms with Crippen LogP contribution in [0.1, 0.15) is 18.4 Å². The van der Waals surface area contributed by atoms with Gasteiger partial charge < -0.3 is 4.74 Å². The summed E-state index contributed by atoms with van der Waals surface area (Å²) in [5.74, 6) is 0. The SMILES string of the molecule is Clc1ccccc1CC1CCCO1. The van der Waals surface area contributed by atoms with Crippen molar-refractivity contribution in [1.82, 2.24) is 0 Å². The van der Waals surface area contributed by atoms with Gasteiger partial charge in [0.1, 0.15) is 0 Å². The zero-order valence-electron chi connectivity index (χ0n) is 7.50. The van der Waals surface area contributed by atoms with Crippen LogP contribution in [0, 0.1) is 0 Å². The molecule has 1 atom stereocenters. The predicted molar refractivity (Wildman–Crippen MR) is 54.1 cm³/mol. The Bertz CT molecular complexity index is 279. The predicted octanol–water partition coefficient (Wildman–Crippen LogP) is 3.06. The fourth-order valence-electron chi connectivity index (χ4n) is 1.71. The van der Waals surface area contributed by atoms with Crippen LogP contribution in [0.25, 0.3) is 0 Å². The molecule has 1 aliphatic heterocycles. The van der Waals surface area contributed by atoms with Crippen molar-refractivity contribution in [2.75, 3.05) is 6.61 Å². The molecule has 13 heavy (non-hydrogen) atoms. The largest absolute Gasteiger partial charge is 0.378 e. The molecule has 0 aromatic heterocycles. The van der Waals surface area contributed by atoms with E-state index in [9.17, 15) is 0 Å². The molecule has 1 aromatic carbocycles. The van der Waals surface area contributed by atoms with Gasteiger partial charge in [0.15, 0.2) is 0 Å². The van der Waals surface area contributed by atoms with Crippen molar-refractivity contribution in [2.24, 2.45) is 0 Å². The molecule has 0 bridgehead atoms. The molecule has 1 heterocycles. The van der Waals surface area contributed by atoms with Crippen LogP contribution in [0.3, 0.4) is 0 Å². The Balaban J connectivity index is 2.04. The lowest BCUT2D eigenvalue weighted by molar-refractivity contribution is 0.111. The number of halogens is 1. The molecule has 2 heteroatoms. The van der Waals surface area contributed by atoms with Crippen molar-refractivity contribution in [3.8, 4) is 0 Å². The first-order valence-corrected chi connectivity index (χ1v) is 5.09. The minimum absolute atomic E-state index is 0.389. The van der Waals surface area contributed by atoms with E-state index < -0.39 is 0 Å². The van der Waals surface area contributed by atoms with E-state index in [-0.39, 0.29) is 0 Å². The Hall–Kier alpha value is -0.530. The second-order valence-electron chi connectivity index (χ2n) is 3.43. The zero-order valence-corrected chi connectivity index (χ0v) is 8.26. The quantitative estimate of drug-likeness (QED) is 0.707. The highest BCUT2D eigenvalue weighted by Gasteiger charge is 2.16. The zero-order chi connectivity index (χ0) is 9.10. The van der Waals surface area contributed by atoms with Gasteiger partial charge in [-0.1, -0.05) is 29.8 Å². The van der Waals surface area contributed by atoms with E-state index in [0.29, 0.717) is 6.10 Å². The van der Waals surface area contributed by atoms with Crippen LogP contribution >= 0.6 is 11.6 Å². The van der Waals surface area contributed by atoms with Crippen molar-refractivity contribution in [3.05, 3.63) is 34.9 Å². The van der Waals surface area contributed by atoms with E-state index in [4.69, 9.17) is 16.3 Å². The summed E-state index contributed by atoms with van der Waals surface area (Å²) in [6.45, 7) is 0.912. The topological polar surface area (TPSA) is 9.23 Å². The van der Waals surface area contributed by atoms with Crippen LogP contribution in [-0.2, 0) is 11.2 Å². The third kappa shape index (κ3) is 2.23. The number of hydrogen-bond donors (Lipinski definition) is 0. The first kappa shape index (κ1) is 9.04. The standard InChI is InChI=1S/C11H13ClO/c12-11-6-2-1-4-9(11)8-10-5-3-7-13-10/h1-2,4,6,10H,3,5,7-8H2. The Labute approximate surface area is 83.7 Å². The summed E-state index contributed by atoms with van der Waals surface area (Å²) in [7, 11) is 0. The van der Waals surface area contributed by atoms with Crippen LogP contribution in [0.5, 0.6) is 0 Å². The fraction of sp³-hybridized carbons (Fsp3) is 0.455. The summed E-state index contributed by atoms with van der Waals surface area (Å²) in [5.41, 5.74) is 1.20. The summed E-state index contributed by atoms with van der Waals surface area (Å²) in [4.78, 5) is 0. The fourth-order valence-corrected chi connectivity index (χ4v) is 1.93. The van der Waals surface area contributed by atoms with Gasteiger partial charge in [-0.15, -0.1) is 0 Å². The maximum Gasteiger partial charge on any atom is 0.0616 e. The molecule has 1 nitrogen and oxygen atoms in total. The van der Waals surface area contributed by atoms with Gasteiger partial charge in [-0.2, -0.15) is 0 Å². The molecule has 1 aliphatic rings. The number of ether oxygens (including phenoxy) is 1. The Morgan fingerprint density at radius 3 is 2.92 bits per heavy atom. The lowest BCUT2D eigenvalue weighted by atomic mass is 10.1. The van der Waals surface area contributed by atoms with Crippen molar-refractivity contribution in [2.45, 2.75) is 25.4 Å². The van der Waals surface area contributed by atoms with Gasteiger partial charge in [-0.05, 0) is 24.5 Å². The Morgan fingerprint density at radius 2 is 2.23 bits per heavy atom. The molecule has 0 saturated carbocycles. The third-order valence-electron chi connectivity index (χ3n) is 2.43. The molecule has 1 saturated heterocycles. The Morgan fingerprint density at radius 1 is 1.38 bits per heavy atom. The van der Waals surface area contributed by atoms with E-state index in [1.807, 2.05) is 18.2 Å². The lowest BCUT2D eigenvalue weighted by Crippen LogP contribution is -2.08. The maximum absolute atomic E-state index is 6.05. The van der Waals surface area contributed by atoms with Crippen molar-refractivity contribution in [1.29, 1.82) is 0 Å². The average Bonchev–Trinajstić information content (AvgIpc) is 2.61. The second-order valence-corrected chi connectivity index (χ2v) is 3.84. The average molecular weight is 197 g/mol. The minimum Gasteiger partial charge on any atom is -0.378 e. The first-order chi connectivity index (χ1) is 6.36. The van der Waals surface area contributed by atoms with Crippen LogP contribution in [-0.4, -0.2) is 12.7 Å². The monoisotopic (exact) mass is 196 g/mol. The van der Waals surface area contributed by atoms with Gasteiger partial charge in [0.05, 0.1) is 6.10 Å². The summed E-state index contributed by atoms with van der Waals surface area (Å²) >= 11 is 6.05. The molecule has 0 aliphatic carbocycles. The van der Waals surface area contributed by atoms with Gasteiger partial charge in [0, 0.05) is 18.1 Å². The third-order valence-corrected chi connectivity index (χ3v) is 2.80. The highest BCUT2D eigenvalue weighted by molar-refractivity contribution is 6.31. The van der Waals surface area contributed by atoms with Crippen molar-refractivity contribution < 1.29 is 4.74 Å². The summed E-state index contributed by atoms with van der Waals surface area (Å²) < 4.78 is 5.55. The molecule has 70 valence electrons. The second kappa shape index (κ2) is 4.12. The van der Waals surface area contributed by atoms with Crippen LogP contribution < -0.4 is 0 Å². The number of hydrogen-bond acceptors (Lipinski definition) is 1. The van der Waals surface area contributed by atoms with Crippen molar-refractivity contribution in [3.63, 3.8) is 0 Å². The molecule has 0 amide bonds. The molecule has 1 unspecified atom stereocenters. The Kier molecular flexibility index (Phi) is 2.87. The van der Waals surface area contributed by atoms with Gasteiger partial charge in [0.2, 0.25) is 0 Å². The van der Waals surface area contributed by atoms with E-state index in [0.717, 1.165) is 18.1 Å². The minimum atomic E-state index is 0.389. The number of rotatable bonds is 2. The van der Waals surface area contributed by atoms with Crippen molar-refractivity contribution >= 4 is 11.6 Å². The van der Waals surface area contributed by atoms with Crippen LogP contribution in [0.2, 0.25) is 5.02 Å². The van der Waals surface area contributed by atoms with E-state index in [2.05, 4.69) is 6.07 Å². The highest BCUT2D eigenvalue weighted by Crippen LogP contribution is 2.22. The van der Waals surface area contributed by atoms with E-state index in [1.54, 1.807) is 0 Å². The first-order valence-electron chi connectivity index (χ1n) is 4.71. The summed E-state index contributed by atoms with van der Waals surface area (Å²) in [6.07, 6.45) is 3.71. The van der Waals surface area contributed by atoms with Crippen LogP contribution in [0.15, 0.2) is 24.3 Å². The molecule has 0 N–H and O–H groups in total. The van der Waals surface area contributed by atoms with Crippen LogP contribution in [0.4, 0.5) is 0 Å². The maximum atomic E-state index is 6.05. The smallest absolute Gasteiger partial charge is 0.0616 e. The number of benzene rings is 1. The van der Waals surface area contributed by atoms with E-state index >= 15 is 0 Å². The van der Waals surface area contributed by atoms with Gasteiger partial charge in [-0.25, -0.2) is 0 Å². The molecule has 0 radical (unpaired) electrons. The highest BCUT2D eigenvalue weighted by atomic mass is 35.5. The molecule has 1 fully saturated rings. The molecule has 2 rings (SSSR count). The molecular formula is C11H13ClO. The summed E-state index contributed by atoms with van der Waals surface area (Å²) in [5, 5.41) is 0.859. The lowest BCUT2D eigenvalue weighted by Gasteiger charge is -2.09. The molecular weight excluding hydrogens is 184 g/mol. The molecule has 1 aromatic rings. The van der Waals surface area contributed by atoms with E-state index in [1.165, 1.54) is 18.4 Å². The van der Waals surface area contributed by atoms with Gasteiger partial charge in [-0.3, -0.25) is 0 Å². The molecule has 0 spiro atoms.